The molecule has 1 rings (SSSR count). The van der Waals surface area contributed by atoms with Crippen molar-refractivity contribution in [2.45, 2.75) is 18.9 Å². The van der Waals surface area contributed by atoms with Gasteiger partial charge in [-0.2, -0.15) is 0 Å². The van der Waals surface area contributed by atoms with Crippen LogP contribution in [0.25, 0.3) is 0 Å². The number of rotatable bonds is 1. The van der Waals surface area contributed by atoms with Crippen molar-refractivity contribution in [1.82, 2.24) is 0 Å². The van der Waals surface area contributed by atoms with Crippen LogP contribution in [0.15, 0.2) is 23.5 Å². The van der Waals surface area contributed by atoms with Crippen LogP contribution in [0, 0.1) is 10.1 Å². The molecule has 4 N–H and O–H groups in total. The molecule has 0 aliphatic heterocycles. The van der Waals surface area contributed by atoms with Gasteiger partial charge in [0, 0.05) is 5.54 Å². The summed E-state index contributed by atoms with van der Waals surface area (Å²) in [6.07, 6.45) is 3.35. The van der Waals surface area contributed by atoms with E-state index in [1.165, 1.54) is 6.08 Å². The quantitative estimate of drug-likeness (QED) is 0.430. The lowest BCUT2D eigenvalue weighted by Gasteiger charge is -2.21. The molecule has 0 radical (unpaired) electrons. The fraction of sp³-hybridized carbons (Fsp3) is 0.429. The molecule has 5 nitrogen and oxygen atoms in total. The normalized spacial score (nSPS) is 29.2. The van der Waals surface area contributed by atoms with Gasteiger partial charge in [0.15, 0.2) is 0 Å². The summed E-state index contributed by atoms with van der Waals surface area (Å²) in [5.41, 5.74) is 10.6. The minimum absolute atomic E-state index is 0.00231. The van der Waals surface area contributed by atoms with Crippen LogP contribution in [-0.2, 0) is 0 Å². The van der Waals surface area contributed by atoms with Crippen molar-refractivity contribution in [3.63, 3.8) is 0 Å². The molecule has 1 aliphatic carbocycles. The largest absolute Gasteiger partial charge is 0.393 e. The van der Waals surface area contributed by atoms with E-state index in [1.807, 2.05) is 0 Å². The Morgan fingerprint density at radius 3 is 2.75 bits per heavy atom. The molecule has 12 heavy (non-hydrogen) atoms. The third kappa shape index (κ3) is 1.62. The van der Waals surface area contributed by atoms with Gasteiger partial charge in [-0.1, -0.05) is 6.08 Å². The van der Waals surface area contributed by atoms with Crippen molar-refractivity contribution < 1.29 is 4.92 Å². The van der Waals surface area contributed by atoms with E-state index in [-0.39, 0.29) is 17.8 Å². The van der Waals surface area contributed by atoms with E-state index in [0.29, 0.717) is 0 Å². The van der Waals surface area contributed by atoms with Crippen molar-refractivity contribution in [3.8, 4) is 0 Å². The lowest BCUT2D eigenvalue weighted by molar-refractivity contribution is -0.430. The molecule has 0 aromatic carbocycles. The predicted molar refractivity (Wildman–Crippen MR) is 44.6 cm³/mol. The number of nitrogens with zero attached hydrogens (tertiary/aromatic N) is 1. The van der Waals surface area contributed by atoms with Gasteiger partial charge in [-0.25, -0.2) is 0 Å². The number of allylic oxidation sites excluding steroid dienone is 1. The minimum atomic E-state index is -0.648. The van der Waals surface area contributed by atoms with Crippen molar-refractivity contribution in [2.75, 3.05) is 0 Å². The molecule has 0 amide bonds. The van der Waals surface area contributed by atoms with Crippen molar-refractivity contribution in [3.05, 3.63) is 33.7 Å². The van der Waals surface area contributed by atoms with Gasteiger partial charge < -0.3 is 11.5 Å². The average molecular weight is 169 g/mol. The fourth-order valence-electron chi connectivity index (χ4n) is 1.07. The highest BCUT2D eigenvalue weighted by Gasteiger charge is 2.29. The van der Waals surface area contributed by atoms with Crippen LogP contribution >= 0.6 is 0 Å². The van der Waals surface area contributed by atoms with E-state index >= 15 is 0 Å². The first-order valence-corrected chi connectivity index (χ1v) is 3.53. The van der Waals surface area contributed by atoms with Crippen molar-refractivity contribution in [1.29, 1.82) is 0 Å². The average Bonchev–Trinajstić information content (AvgIpc) is 1.94. The maximum Gasteiger partial charge on any atom is 0.271 e. The van der Waals surface area contributed by atoms with Crippen LogP contribution in [-0.4, -0.2) is 10.5 Å². The lowest BCUT2D eigenvalue weighted by Crippen LogP contribution is -2.37. The Morgan fingerprint density at radius 2 is 2.33 bits per heavy atom. The summed E-state index contributed by atoms with van der Waals surface area (Å²) < 4.78 is 0. The van der Waals surface area contributed by atoms with Gasteiger partial charge in [-0.3, -0.25) is 10.1 Å². The number of nitro groups is 1. The van der Waals surface area contributed by atoms with Crippen LogP contribution in [0.4, 0.5) is 0 Å². The molecule has 0 aromatic rings. The second kappa shape index (κ2) is 2.60. The minimum Gasteiger partial charge on any atom is -0.393 e. The zero-order valence-electron chi connectivity index (χ0n) is 6.78. The van der Waals surface area contributed by atoms with Gasteiger partial charge in [-0.15, -0.1) is 0 Å². The molecule has 66 valence electrons. The van der Waals surface area contributed by atoms with E-state index < -0.39 is 10.5 Å². The van der Waals surface area contributed by atoms with Crippen molar-refractivity contribution in [2.24, 2.45) is 11.5 Å². The molecular weight excluding hydrogens is 158 g/mol. The van der Waals surface area contributed by atoms with Crippen LogP contribution in [0.2, 0.25) is 0 Å². The van der Waals surface area contributed by atoms with Gasteiger partial charge in [-0.05, 0) is 13.0 Å². The Hall–Kier alpha value is -1.36. The first-order chi connectivity index (χ1) is 5.42. The van der Waals surface area contributed by atoms with Gasteiger partial charge in [0.05, 0.1) is 11.3 Å². The molecule has 0 saturated heterocycles. The summed E-state index contributed by atoms with van der Waals surface area (Å²) in [6, 6.07) is 0. The van der Waals surface area contributed by atoms with Crippen LogP contribution in [0.3, 0.4) is 0 Å². The monoisotopic (exact) mass is 169 g/mol. The molecule has 0 heterocycles. The van der Waals surface area contributed by atoms with Crippen LogP contribution < -0.4 is 11.5 Å². The smallest absolute Gasteiger partial charge is 0.271 e. The highest BCUT2D eigenvalue weighted by molar-refractivity contribution is 5.28. The van der Waals surface area contributed by atoms with E-state index in [4.69, 9.17) is 11.5 Å². The first-order valence-electron chi connectivity index (χ1n) is 3.53. The summed E-state index contributed by atoms with van der Waals surface area (Å²) in [6.45, 7) is 1.72. The van der Waals surface area contributed by atoms with E-state index in [9.17, 15) is 10.1 Å². The molecule has 0 saturated carbocycles. The molecular formula is C7H11N3O2. The second-order valence-electron chi connectivity index (χ2n) is 3.18. The van der Waals surface area contributed by atoms with Gasteiger partial charge in [0.1, 0.15) is 5.70 Å². The Kier molecular flexibility index (Phi) is 1.89. The highest BCUT2D eigenvalue weighted by atomic mass is 16.6. The first kappa shape index (κ1) is 8.73. The second-order valence-corrected chi connectivity index (χ2v) is 3.18. The van der Waals surface area contributed by atoms with Crippen molar-refractivity contribution >= 4 is 0 Å². The SMILES string of the molecule is CC1(N)C=CC(N)=C([N+](=O)[O-])C1. The Balaban J connectivity index is 2.99. The summed E-state index contributed by atoms with van der Waals surface area (Å²) in [5, 5.41) is 10.4. The topological polar surface area (TPSA) is 95.2 Å². The summed E-state index contributed by atoms with van der Waals surface area (Å²) in [7, 11) is 0. The molecule has 0 aromatic heterocycles. The number of nitrogens with two attached hydrogens (primary N) is 2. The lowest BCUT2D eigenvalue weighted by atomic mass is 9.92. The summed E-state index contributed by atoms with van der Waals surface area (Å²) in [5.74, 6) is 0. The molecule has 5 heteroatoms. The molecule has 1 atom stereocenters. The Bertz CT molecular complexity index is 278. The van der Waals surface area contributed by atoms with Crippen LogP contribution in [0.1, 0.15) is 13.3 Å². The predicted octanol–water partition coefficient (Wildman–Crippen LogP) is 0.111. The summed E-state index contributed by atoms with van der Waals surface area (Å²) >= 11 is 0. The molecule has 0 spiro atoms. The number of hydrogen-bond donors (Lipinski definition) is 2. The van der Waals surface area contributed by atoms with E-state index in [0.717, 1.165) is 0 Å². The van der Waals surface area contributed by atoms with E-state index in [1.54, 1.807) is 13.0 Å². The van der Waals surface area contributed by atoms with Crippen LogP contribution in [0.5, 0.6) is 0 Å². The maximum atomic E-state index is 10.4. The Labute approximate surface area is 69.9 Å². The zero-order chi connectivity index (χ0) is 9.35. The molecule has 0 bridgehead atoms. The molecule has 1 aliphatic rings. The highest BCUT2D eigenvalue weighted by Crippen LogP contribution is 2.22. The number of hydrogen-bond acceptors (Lipinski definition) is 4. The molecule has 1 unspecified atom stereocenters. The standard InChI is InChI=1S/C7H11N3O2/c1-7(9)3-2-5(8)6(4-7)10(11)12/h2-3H,4,8-9H2,1H3. The van der Waals surface area contributed by atoms with E-state index in [2.05, 4.69) is 0 Å². The zero-order valence-corrected chi connectivity index (χ0v) is 6.78. The molecule has 0 fully saturated rings. The van der Waals surface area contributed by atoms with Gasteiger partial charge in [0.25, 0.3) is 5.70 Å². The third-order valence-corrected chi connectivity index (χ3v) is 1.75. The summed E-state index contributed by atoms with van der Waals surface area (Å²) in [4.78, 5) is 9.95. The third-order valence-electron chi connectivity index (χ3n) is 1.75. The Morgan fingerprint density at radius 1 is 1.75 bits per heavy atom. The maximum absolute atomic E-state index is 10.4. The fourth-order valence-corrected chi connectivity index (χ4v) is 1.07. The van der Waals surface area contributed by atoms with Gasteiger partial charge in [0.2, 0.25) is 0 Å². The van der Waals surface area contributed by atoms with Gasteiger partial charge >= 0.3 is 0 Å².